The first-order valence-electron chi connectivity index (χ1n) is 7.23. The predicted octanol–water partition coefficient (Wildman–Crippen LogP) is 2.49. The Hall–Kier alpha value is -2.36. The smallest absolute Gasteiger partial charge is 0.256 e. The number of nitrogens with one attached hydrogen (secondary N) is 2. The highest BCUT2D eigenvalue weighted by molar-refractivity contribution is 6.31. The normalized spacial score (nSPS) is 22.2. The van der Waals surface area contributed by atoms with Crippen LogP contribution in [-0.4, -0.2) is 18.7 Å². The number of amides is 1. The fraction of sp³-hybridized carbons (Fsp3) is 0.294. The molecule has 0 saturated heterocycles. The van der Waals surface area contributed by atoms with Gasteiger partial charge in [0.05, 0.1) is 5.57 Å². The van der Waals surface area contributed by atoms with E-state index in [0.717, 1.165) is 36.2 Å². The molecule has 0 aromatic heterocycles. The average Bonchev–Trinajstić information content (AvgIpc) is 2.99. The molecule has 1 aromatic rings. The van der Waals surface area contributed by atoms with E-state index < -0.39 is 0 Å². The molecular weight excluding hydrogens is 264 g/mol. The van der Waals surface area contributed by atoms with Crippen molar-refractivity contribution in [2.24, 2.45) is 5.92 Å². The first kappa shape index (κ1) is 13.6. The number of anilines is 1. The van der Waals surface area contributed by atoms with Gasteiger partial charge < -0.3 is 15.4 Å². The lowest BCUT2D eigenvalue weighted by molar-refractivity contribution is -0.111. The van der Waals surface area contributed by atoms with Crippen molar-refractivity contribution >= 4 is 23.5 Å². The fourth-order valence-corrected chi connectivity index (χ4v) is 2.93. The molecule has 1 aromatic carbocycles. The van der Waals surface area contributed by atoms with E-state index in [9.17, 15) is 9.59 Å². The van der Waals surface area contributed by atoms with Crippen molar-refractivity contribution in [3.05, 3.63) is 47.2 Å². The number of carbonyl (C=O) groups excluding carboxylic acids is 2. The van der Waals surface area contributed by atoms with Gasteiger partial charge in [-0.1, -0.05) is 25.1 Å². The van der Waals surface area contributed by atoms with Crippen LogP contribution in [0.1, 0.15) is 25.3 Å². The van der Waals surface area contributed by atoms with Crippen molar-refractivity contribution in [3.8, 4) is 0 Å². The molecule has 4 heteroatoms. The molecule has 0 radical (unpaired) electrons. The molecule has 0 aliphatic carbocycles. The van der Waals surface area contributed by atoms with Crippen molar-refractivity contribution < 1.29 is 9.59 Å². The molecule has 0 fully saturated rings. The number of carbonyl (C=O) groups is 2. The summed E-state index contributed by atoms with van der Waals surface area (Å²) in [7, 11) is 0. The highest BCUT2D eigenvalue weighted by atomic mass is 16.2. The Morgan fingerprint density at radius 3 is 2.95 bits per heavy atom. The van der Waals surface area contributed by atoms with Crippen molar-refractivity contribution in [2.45, 2.75) is 19.8 Å². The van der Waals surface area contributed by atoms with Crippen molar-refractivity contribution in [2.75, 3.05) is 11.9 Å². The minimum absolute atomic E-state index is 0.0696. The molecule has 0 saturated carbocycles. The van der Waals surface area contributed by atoms with Gasteiger partial charge in [-0.25, -0.2) is 0 Å². The number of allylic oxidation sites excluding steroid dienone is 1. The Balaban J connectivity index is 1.99. The molecule has 2 heterocycles. The summed E-state index contributed by atoms with van der Waals surface area (Å²) in [4.78, 5) is 22.7. The molecule has 108 valence electrons. The molecule has 4 nitrogen and oxygen atoms in total. The second kappa shape index (κ2) is 5.56. The number of hydrogen-bond acceptors (Lipinski definition) is 3. The van der Waals surface area contributed by atoms with Crippen LogP contribution in [0.2, 0.25) is 0 Å². The second-order valence-electron chi connectivity index (χ2n) is 5.48. The summed E-state index contributed by atoms with van der Waals surface area (Å²) >= 11 is 0. The van der Waals surface area contributed by atoms with Crippen LogP contribution in [0.5, 0.6) is 0 Å². The molecule has 1 atom stereocenters. The molecule has 2 aliphatic rings. The maximum atomic E-state index is 12.1. The minimum atomic E-state index is -0.0696. The van der Waals surface area contributed by atoms with Crippen LogP contribution < -0.4 is 10.6 Å². The van der Waals surface area contributed by atoms with Crippen LogP contribution in [0.3, 0.4) is 0 Å². The van der Waals surface area contributed by atoms with Gasteiger partial charge in [0.1, 0.15) is 6.29 Å². The molecule has 2 N–H and O–H groups in total. The van der Waals surface area contributed by atoms with Crippen LogP contribution in [0.25, 0.3) is 5.57 Å². The summed E-state index contributed by atoms with van der Waals surface area (Å²) in [5, 5.41) is 6.23. The maximum Gasteiger partial charge on any atom is 0.256 e. The van der Waals surface area contributed by atoms with Crippen LogP contribution in [0, 0.1) is 5.92 Å². The van der Waals surface area contributed by atoms with E-state index in [1.54, 1.807) is 0 Å². The molecule has 0 spiro atoms. The van der Waals surface area contributed by atoms with E-state index in [4.69, 9.17) is 0 Å². The van der Waals surface area contributed by atoms with E-state index >= 15 is 0 Å². The van der Waals surface area contributed by atoms with Gasteiger partial charge in [0.25, 0.3) is 5.91 Å². The van der Waals surface area contributed by atoms with Crippen LogP contribution >= 0.6 is 0 Å². The first-order valence-corrected chi connectivity index (χ1v) is 7.23. The lowest BCUT2D eigenvalue weighted by atomic mass is 9.97. The Morgan fingerprint density at radius 2 is 2.14 bits per heavy atom. The third-order valence-corrected chi connectivity index (χ3v) is 4.07. The van der Waals surface area contributed by atoms with E-state index in [0.29, 0.717) is 17.9 Å². The molecule has 2 aliphatic heterocycles. The third kappa shape index (κ3) is 2.49. The van der Waals surface area contributed by atoms with Gasteiger partial charge >= 0.3 is 0 Å². The number of aldehydes is 1. The largest absolute Gasteiger partial charge is 0.384 e. The maximum absolute atomic E-state index is 12.1. The SMILES string of the molecule is CC1CNC(/C=C2\C(=O)Nc3ccccc32)=C1CCC=O. The van der Waals surface area contributed by atoms with Gasteiger partial charge in [0.15, 0.2) is 0 Å². The zero-order valence-electron chi connectivity index (χ0n) is 12.0. The van der Waals surface area contributed by atoms with E-state index in [-0.39, 0.29) is 5.91 Å². The Morgan fingerprint density at radius 1 is 1.33 bits per heavy atom. The lowest BCUT2D eigenvalue weighted by Crippen LogP contribution is -2.10. The lowest BCUT2D eigenvalue weighted by Gasteiger charge is -2.06. The van der Waals surface area contributed by atoms with Gasteiger partial charge in [0.2, 0.25) is 0 Å². The molecule has 1 unspecified atom stereocenters. The van der Waals surface area contributed by atoms with E-state index in [1.165, 1.54) is 5.57 Å². The van der Waals surface area contributed by atoms with Crippen LogP contribution in [0.4, 0.5) is 5.69 Å². The summed E-state index contributed by atoms with van der Waals surface area (Å²) in [6, 6.07) is 7.69. The highest BCUT2D eigenvalue weighted by Gasteiger charge is 2.26. The zero-order chi connectivity index (χ0) is 14.8. The summed E-state index contributed by atoms with van der Waals surface area (Å²) in [5.41, 5.74) is 4.70. The highest BCUT2D eigenvalue weighted by Crippen LogP contribution is 2.34. The molecule has 1 amide bonds. The van der Waals surface area contributed by atoms with Crippen molar-refractivity contribution in [3.63, 3.8) is 0 Å². The number of rotatable bonds is 4. The summed E-state index contributed by atoms with van der Waals surface area (Å²) in [6.07, 6.45) is 4.14. The average molecular weight is 282 g/mol. The number of para-hydroxylation sites is 1. The van der Waals surface area contributed by atoms with E-state index in [1.807, 2.05) is 30.3 Å². The standard InChI is InChI=1S/C17H18N2O2/c1-11-10-18-16(12(11)6-4-8-20)9-14-13-5-2-3-7-15(13)19-17(14)21/h2-3,5,7-9,11,18H,4,6,10H2,1H3,(H,19,21)/b14-9-. The third-order valence-electron chi connectivity index (χ3n) is 4.07. The van der Waals surface area contributed by atoms with Gasteiger partial charge in [-0.3, -0.25) is 4.79 Å². The summed E-state index contributed by atoms with van der Waals surface area (Å²) < 4.78 is 0. The Bertz CT molecular complexity index is 659. The summed E-state index contributed by atoms with van der Waals surface area (Å²) in [5.74, 6) is 0.330. The first-order chi connectivity index (χ1) is 10.2. The van der Waals surface area contributed by atoms with Gasteiger partial charge in [-0.2, -0.15) is 0 Å². The number of hydrogen-bond donors (Lipinski definition) is 2. The van der Waals surface area contributed by atoms with Crippen LogP contribution in [0.15, 0.2) is 41.6 Å². The molecule has 21 heavy (non-hydrogen) atoms. The Kier molecular flexibility index (Phi) is 3.60. The number of benzene rings is 1. The van der Waals surface area contributed by atoms with Crippen molar-refractivity contribution in [1.29, 1.82) is 0 Å². The zero-order valence-corrected chi connectivity index (χ0v) is 12.0. The topological polar surface area (TPSA) is 58.2 Å². The monoisotopic (exact) mass is 282 g/mol. The van der Waals surface area contributed by atoms with Gasteiger partial charge in [-0.15, -0.1) is 0 Å². The summed E-state index contributed by atoms with van der Waals surface area (Å²) in [6.45, 7) is 3.00. The fourth-order valence-electron chi connectivity index (χ4n) is 2.93. The van der Waals surface area contributed by atoms with Crippen LogP contribution in [-0.2, 0) is 9.59 Å². The van der Waals surface area contributed by atoms with E-state index in [2.05, 4.69) is 17.6 Å². The van der Waals surface area contributed by atoms with Gasteiger partial charge in [0, 0.05) is 29.9 Å². The predicted molar refractivity (Wildman–Crippen MR) is 82.5 cm³/mol. The molecule has 0 bridgehead atoms. The quantitative estimate of drug-likeness (QED) is 0.659. The van der Waals surface area contributed by atoms with Crippen molar-refractivity contribution in [1.82, 2.24) is 5.32 Å². The van der Waals surface area contributed by atoms with Gasteiger partial charge in [-0.05, 0) is 30.1 Å². The second-order valence-corrected chi connectivity index (χ2v) is 5.48. The Labute approximate surface area is 123 Å². The number of fused-ring (bicyclic) bond motifs is 1. The molecule has 3 rings (SSSR count). The molecular formula is C17H18N2O2. The minimum Gasteiger partial charge on any atom is -0.384 e.